The average molecular weight is 421 g/mol. The van der Waals surface area contributed by atoms with Gasteiger partial charge < -0.3 is 5.32 Å². The summed E-state index contributed by atoms with van der Waals surface area (Å²) in [5, 5.41) is 3.19. The van der Waals surface area contributed by atoms with Crippen molar-refractivity contribution in [2.45, 2.75) is 6.92 Å². The lowest BCUT2D eigenvalue weighted by Gasteiger charge is -2.10. The summed E-state index contributed by atoms with van der Waals surface area (Å²) in [4.78, 5) is 12.2. The van der Waals surface area contributed by atoms with Crippen LogP contribution in [0.3, 0.4) is 0 Å². The third-order valence-electron chi connectivity index (χ3n) is 2.64. The maximum absolute atomic E-state index is 13.3. The summed E-state index contributed by atoms with van der Waals surface area (Å²) < 4.78 is 14.4. The Morgan fingerprint density at radius 1 is 1.20 bits per heavy atom. The topological polar surface area (TPSA) is 29.1 Å². The van der Waals surface area contributed by atoms with Crippen molar-refractivity contribution >= 4 is 55.1 Å². The van der Waals surface area contributed by atoms with Crippen LogP contribution in [0.1, 0.15) is 15.9 Å². The second kappa shape index (κ2) is 6.24. The van der Waals surface area contributed by atoms with Crippen LogP contribution in [0.25, 0.3) is 0 Å². The Hall–Kier alpha value is -0.910. The van der Waals surface area contributed by atoms with Crippen molar-refractivity contribution in [3.8, 4) is 0 Å². The fourth-order valence-corrected chi connectivity index (χ4v) is 2.86. The molecular formula is C14H9Br2ClFNO. The van der Waals surface area contributed by atoms with E-state index in [-0.39, 0.29) is 11.7 Å². The molecule has 0 saturated heterocycles. The predicted octanol–water partition coefficient (Wildman–Crippen LogP) is 5.56. The van der Waals surface area contributed by atoms with Crippen LogP contribution in [0, 0.1) is 12.7 Å². The maximum Gasteiger partial charge on any atom is 0.255 e. The molecule has 0 radical (unpaired) electrons. The standard InChI is InChI=1S/C14H9Br2ClFNO/c1-7-2-12(18)11(16)6-13(7)19-14(20)8-3-9(15)5-10(17)4-8/h2-6H,1H3,(H,19,20). The van der Waals surface area contributed by atoms with E-state index in [1.807, 2.05) is 0 Å². The van der Waals surface area contributed by atoms with E-state index in [0.717, 1.165) is 0 Å². The highest BCUT2D eigenvalue weighted by Gasteiger charge is 2.11. The maximum atomic E-state index is 13.3. The summed E-state index contributed by atoms with van der Waals surface area (Å²) in [7, 11) is 0. The predicted molar refractivity (Wildman–Crippen MR) is 85.9 cm³/mol. The molecule has 6 heteroatoms. The van der Waals surface area contributed by atoms with Gasteiger partial charge in [0, 0.05) is 20.7 Å². The first-order chi connectivity index (χ1) is 9.36. The molecule has 0 aliphatic rings. The van der Waals surface area contributed by atoms with Crippen LogP contribution in [-0.2, 0) is 0 Å². The molecule has 0 atom stereocenters. The first kappa shape index (κ1) is 15.5. The van der Waals surface area contributed by atoms with Crippen LogP contribution in [0.4, 0.5) is 10.1 Å². The molecule has 0 aromatic heterocycles. The molecule has 0 spiro atoms. The van der Waals surface area contributed by atoms with Gasteiger partial charge >= 0.3 is 0 Å². The highest BCUT2D eigenvalue weighted by molar-refractivity contribution is 9.10. The quantitative estimate of drug-likeness (QED) is 0.675. The molecule has 0 bridgehead atoms. The summed E-state index contributed by atoms with van der Waals surface area (Å²) >= 11 is 12.3. The third kappa shape index (κ3) is 3.59. The monoisotopic (exact) mass is 419 g/mol. The number of aryl methyl sites for hydroxylation is 1. The van der Waals surface area contributed by atoms with Gasteiger partial charge in [0.2, 0.25) is 0 Å². The van der Waals surface area contributed by atoms with Gasteiger partial charge in [-0.05, 0) is 58.7 Å². The van der Waals surface area contributed by atoms with Crippen LogP contribution < -0.4 is 5.32 Å². The van der Waals surface area contributed by atoms with Gasteiger partial charge in [0.15, 0.2) is 0 Å². The lowest BCUT2D eigenvalue weighted by molar-refractivity contribution is 0.102. The van der Waals surface area contributed by atoms with Crippen molar-refractivity contribution < 1.29 is 9.18 Å². The average Bonchev–Trinajstić information content (AvgIpc) is 2.34. The highest BCUT2D eigenvalue weighted by Crippen LogP contribution is 2.25. The minimum absolute atomic E-state index is 0.297. The summed E-state index contributed by atoms with van der Waals surface area (Å²) in [5.41, 5.74) is 1.60. The summed E-state index contributed by atoms with van der Waals surface area (Å²) in [5.74, 6) is -0.680. The smallest absolute Gasteiger partial charge is 0.255 e. The number of hydrogen-bond acceptors (Lipinski definition) is 1. The minimum atomic E-state index is -0.369. The van der Waals surface area contributed by atoms with E-state index in [2.05, 4.69) is 37.2 Å². The van der Waals surface area contributed by atoms with Gasteiger partial charge in [0.25, 0.3) is 5.91 Å². The lowest BCUT2D eigenvalue weighted by Crippen LogP contribution is -2.13. The SMILES string of the molecule is Cc1cc(F)c(Br)cc1NC(=O)c1cc(Cl)cc(Br)c1. The number of amides is 1. The van der Waals surface area contributed by atoms with Crippen molar-refractivity contribution in [2.24, 2.45) is 0 Å². The molecule has 0 aliphatic carbocycles. The zero-order valence-corrected chi connectivity index (χ0v) is 14.2. The van der Waals surface area contributed by atoms with Gasteiger partial charge in [-0.3, -0.25) is 4.79 Å². The molecular weight excluding hydrogens is 412 g/mol. The first-order valence-corrected chi connectivity index (χ1v) is 7.56. The van der Waals surface area contributed by atoms with E-state index in [1.165, 1.54) is 12.1 Å². The molecule has 104 valence electrons. The number of hydrogen-bond donors (Lipinski definition) is 1. The number of carbonyl (C=O) groups is 1. The van der Waals surface area contributed by atoms with Crippen LogP contribution in [0.2, 0.25) is 5.02 Å². The number of nitrogens with one attached hydrogen (secondary N) is 1. The third-order valence-corrected chi connectivity index (χ3v) is 3.92. The van der Waals surface area contributed by atoms with Crippen LogP contribution in [0.5, 0.6) is 0 Å². The van der Waals surface area contributed by atoms with Crippen LogP contribution in [0.15, 0.2) is 39.3 Å². The Balaban J connectivity index is 2.30. The number of anilines is 1. The van der Waals surface area contributed by atoms with Crippen molar-refractivity contribution in [3.05, 3.63) is 61.2 Å². The van der Waals surface area contributed by atoms with Gasteiger partial charge in [0.1, 0.15) is 5.82 Å². The molecule has 2 aromatic rings. The largest absolute Gasteiger partial charge is 0.322 e. The molecule has 2 nitrogen and oxygen atoms in total. The molecule has 0 saturated carbocycles. The van der Waals surface area contributed by atoms with Crippen molar-refractivity contribution in [2.75, 3.05) is 5.32 Å². The number of rotatable bonds is 2. The Bertz CT molecular complexity index is 671. The molecule has 0 unspecified atom stereocenters. The van der Waals surface area contributed by atoms with E-state index in [0.29, 0.717) is 30.8 Å². The molecule has 0 fully saturated rings. The molecule has 20 heavy (non-hydrogen) atoms. The van der Waals surface area contributed by atoms with Crippen LogP contribution >= 0.6 is 43.5 Å². The van der Waals surface area contributed by atoms with E-state index in [4.69, 9.17) is 11.6 Å². The zero-order chi connectivity index (χ0) is 14.9. The second-order valence-electron chi connectivity index (χ2n) is 4.19. The normalized spacial score (nSPS) is 10.4. The van der Waals surface area contributed by atoms with Gasteiger partial charge in [-0.1, -0.05) is 27.5 Å². The summed E-state index contributed by atoms with van der Waals surface area (Å²) in [6, 6.07) is 7.80. The molecule has 2 aromatic carbocycles. The summed E-state index contributed by atoms with van der Waals surface area (Å²) in [6.07, 6.45) is 0. The zero-order valence-electron chi connectivity index (χ0n) is 10.3. The molecule has 0 aliphatic heterocycles. The Labute approximate surface area is 137 Å². The Kier molecular flexibility index (Phi) is 4.83. The van der Waals surface area contributed by atoms with E-state index in [9.17, 15) is 9.18 Å². The first-order valence-electron chi connectivity index (χ1n) is 5.60. The van der Waals surface area contributed by atoms with Crippen LogP contribution in [-0.4, -0.2) is 5.91 Å². The fourth-order valence-electron chi connectivity index (χ4n) is 1.66. The second-order valence-corrected chi connectivity index (χ2v) is 6.40. The van der Waals surface area contributed by atoms with Gasteiger partial charge in [0.05, 0.1) is 4.47 Å². The molecule has 2 rings (SSSR count). The number of carbonyl (C=O) groups excluding carboxylic acids is 1. The Morgan fingerprint density at radius 3 is 2.55 bits per heavy atom. The van der Waals surface area contributed by atoms with Gasteiger partial charge in [-0.2, -0.15) is 0 Å². The molecule has 1 amide bonds. The fraction of sp³-hybridized carbons (Fsp3) is 0.0714. The Morgan fingerprint density at radius 2 is 1.90 bits per heavy atom. The molecule has 1 N–H and O–H groups in total. The molecule has 0 heterocycles. The minimum Gasteiger partial charge on any atom is -0.322 e. The van der Waals surface area contributed by atoms with E-state index >= 15 is 0 Å². The number of halogens is 4. The van der Waals surface area contributed by atoms with Gasteiger partial charge in [-0.15, -0.1) is 0 Å². The van der Waals surface area contributed by atoms with Crippen molar-refractivity contribution in [1.82, 2.24) is 0 Å². The van der Waals surface area contributed by atoms with Crippen molar-refractivity contribution in [3.63, 3.8) is 0 Å². The summed E-state index contributed by atoms with van der Waals surface area (Å²) in [6.45, 7) is 1.72. The highest BCUT2D eigenvalue weighted by atomic mass is 79.9. The lowest BCUT2D eigenvalue weighted by atomic mass is 10.1. The van der Waals surface area contributed by atoms with E-state index < -0.39 is 0 Å². The van der Waals surface area contributed by atoms with Crippen molar-refractivity contribution in [1.29, 1.82) is 0 Å². The number of benzene rings is 2. The van der Waals surface area contributed by atoms with E-state index in [1.54, 1.807) is 25.1 Å². The van der Waals surface area contributed by atoms with Gasteiger partial charge in [-0.25, -0.2) is 4.39 Å².